The van der Waals surface area contributed by atoms with Gasteiger partial charge in [-0.3, -0.25) is 4.99 Å². The van der Waals surface area contributed by atoms with Crippen molar-refractivity contribution in [3.05, 3.63) is 42.3 Å². The Hall–Kier alpha value is -1.57. The number of aromatic nitrogens is 1. The van der Waals surface area contributed by atoms with Crippen LogP contribution in [0.15, 0.2) is 46.0 Å². The molecular weight excluding hydrogens is 367 g/mol. The molecule has 2 heterocycles. The molecule has 0 fully saturated rings. The topological polar surface area (TPSA) is 62.5 Å². The maximum absolute atomic E-state index is 5.48. The molecule has 20 heavy (non-hydrogen) atoms. The molecule has 6 heteroatoms. The molecule has 1 aromatic heterocycles. The molecule has 0 atom stereocenters. The number of rotatable bonds is 3. The third-order valence-corrected chi connectivity index (χ3v) is 2.91. The van der Waals surface area contributed by atoms with Gasteiger partial charge in [0.1, 0.15) is 6.26 Å². The fraction of sp³-hybridized carbons (Fsp3) is 0.286. The van der Waals surface area contributed by atoms with Gasteiger partial charge in [0, 0.05) is 18.7 Å². The molecule has 0 radical (unpaired) electrons. The van der Waals surface area contributed by atoms with Gasteiger partial charge >= 0.3 is 0 Å². The molecule has 0 spiro atoms. The first-order chi connectivity index (χ1) is 9.42. The Morgan fingerprint density at radius 1 is 1.25 bits per heavy atom. The van der Waals surface area contributed by atoms with Gasteiger partial charge in [0.15, 0.2) is 5.96 Å². The van der Waals surface area contributed by atoms with Crippen molar-refractivity contribution in [3.8, 4) is 11.5 Å². The fourth-order valence-electron chi connectivity index (χ4n) is 1.93. The molecule has 1 aromatic carbocycles. The molecule has 0 unspecified atom stereocenters. The van der Waals surface area contributed by atoms with Crippen LogP contribution in [0.3, 0.4) is 0 Å². The van der Waals surface area contributed by atoms with Gasteiger partial charge in [0.05, 0.1) is 12.2 Å². The van der Waals surface area contributed by atoms with Crippen molar-refractivity contribution < 1.29 is 4.42 Å². The number of hydrogen-bond acceptors (Lipinski definition) is 5. The van der Waals surface area contributed by atoms with Gasteiger partial charge in [-0.25, -0.2) is 4.98 Å². The van der Waals surface area contributed by atoms with Crippen LogP contribution in [0.5, 0.6) is 0 Å². The Kier molecular flexibility index (Phi) is 5.40. The molecule has 0 amide bonds. The smallest absolute Gasteiger partial charge is 0.226 e. The van der Waals surface area contributed by atoms with E-state index in [0.717, 1.165) is 36.7 Å². The predicted octanol–water partition coefficient (Wildman–Crippen LogP) is 2.40. The Morgan fingerprint density at radius 3 is 2.85 bits per heavy atom. The summed E-state index contributed by atoms with van der Waals surface area (Å²) in [7, 11) is 0. The van der Waals surface area contributed by atoms with Gasteiger partial charge in [-0.15, -0.1) is 24.0 Å². The summed E-state index contributed by atoms with van der Waals surface area (Å²) in [5.74, 6) is 1.49. The van der Waals surface area contributed by atoms with Crippen LogP contribution >= 0.6 is 24.0 Å². The minimum atomic E-state index is 0. The van der Waals surface area contributed by atoms with Gasteiger partial charge in [-0.1, -0.05) is 18.2 Å². The van der Waals surface area contributed by atoms with Crippen molar-refractivity contribution in [2.24, 2.45) is 4.99 Å². The minimum absolute atomic E-state index is 0. The van der Waals surface area contributed by atoms with Crippen LogP contribution in [0.25, 0.3) is 11.5 Å². The van der Waals surface area contributed by atoms with E-state index < -0.39 is 0 Å². The molecule has 1 aliphatic rings. The molecule has 106 valence electrons. The van der Waals surface area contributed by atoms with Gasteiger partial charge in [0.2, 0.25) is 5.89 Å². The second-order valence-corrected chi connectivity index (χ2v) is 4.37. The highest BCUT2D eigenvalue weighted by Gasteiger charge is 2.08. The lowest BCUT2D eigenvalue weighted by atomic mass is 10.2. The van der Waals surface area contributed by atoms with E-state index in [-0.39, 0.29) is 24.0 Å². The molecule has 0 saturated carbocycles. The van der Waals surface area contributed by atoms with E-state index in [1.54, 1.807) is 6.26 Å². The van der Waals surface area contributed by atoms with E-state index >= 15 is 0 Å². The fourth-order valence-corrected chi connectivity index (χ4v) is 1.93. The summed E-state index contributed by atoms with van der Waals surface area (Å²) in [5, 5.41) is 6.43. The second-order valence-electron chi connectivity index (χ2n) is 4.37. The van der Waals surface area contributed by atoms with Gasteiger partial charge in [0.25, 0.3) is 0 Å². The summed E-state index contributed by atoms with van der Waals surface area (Å²) in [6.07, 6.45) is 2.77. The Labute approximate surface area is 134 Å². The summed E-state index contributed by atoms with van der Waals surface area (Å²) in [6, 6.07) is 9.88. The van der Waals surface area contributed by atoms with Crippen molar-refractivity contribution in [2.45, 2.75) is 13.0 Å². The van der Waals surface area contributed by atoms with Crippen LogP contribution in [0, 0.1) is 0 Å². The number of nitrogens with zero attached hydrogens (tertiary/aromatic N) is 2. The first kappa shape index (κ1) is 14.8. The van der Waals surface area contributed by atoms with E-state index in [0.29, 0.717) is 12.4 Å². The van der Waals surface area contributed by atoms with Crippen LogP contribution in [0.2, 0.25) is 0 Å². The highest BCUT2D eigenvalue weighted by atomic mass is 127. The molecule has 5 nitrogen and oxygen atoms in total. The summed E-state index contributed by atoms with van der Waals surface area (Å²) in [5.41, 5.74) is 1.86. The van der Waals surface area contributed by atoms with Crippen LogP contribution in [-0.2, 0) is 6.54 Å². The standard InChI is InChI=1S/C14H16N4O.HI/c1-2-5-11(6-3-1)13-18-12(10-19-13)9-17-14-15-7-4-8-16-14;/h1-3,5-6,10H,4,7-9H2,(H2,15,16,17);1H. The highest BCUT2D eigenvalue weighted by molar-refractivity contribution is 14.0. The van der Waals surface area contributed by atoms with Crippen molar-refractivity contribution in [3.63, 3.8) is 0 Å². The second kappa shape index (κ2) is 7.28. The van der Waals surface area contributed by atoms with Gasteiger partial charge in [-0.2, -0.15) is 0 Å². The average Bonchev–Trinajstić information content (AvgIpc) is 2.96. The molecule has 1 aliphatic heterocycles. The number of nitrogens with one attached hydrogen (secondary N) is 2. The van der Waals surface area contributed by atoms with Crippen molar-refractivity contribution in [2.75, 3.05) is 13.1 Å². The van der Waals surface area contributed by atoms with Crippen LogP contribution in [-0.4, -0.2) is 24.0 Å². The van der Waals surface area contributed by atoms with Crippen molar-refractivity contribution in [1.29, 1.82) is 0 Å². The SMILES string of the molecule is I.c1ccc(-c2nc(CNC3=NCCCN3)co2)cc1. The van der Waals surface area contributed by atoms with E-state index in [4.69, 9.17) is 4.42 Å². The number of oxazole rings is 1. The molecule has 3 rings (SSSR count). The molecule has 0 aliphatic carbocycles. The third-order valence-electron chi connectivity index (χ3n) is 2.91. The lowest BCUT2D eigenvalue weighted by Gasteiger charge is -2.14. The Bertz CT molecular complexity index is 568. The molecule has 2 aromatic rings. The van der Waals surface area contributed by atoms with E-state index in [1.165, 1.54) is 0 Å². The van der Waals surface area contributed by atoms with Crippen LogP contribution in [0.1, 0.15) is 12.1 Å². The number of aliphatic imine (C=N–C) groups is 1. The van der Waals surface area contributed by atoms with E-state index in [2.05, 4.69) is 20.6 Å². The number of hydrogen-bond donors (Lipinski definition) is 2. The maximum atomic E-state index is 5.48. The van der Waals surface area contributed by atoms with Crippen molar-refractivity contribution >= 4 is 29.9 Å². The van der Waals surface area contributed by atoms with Crippen LogP contribution < -0.4 is 10.6 Å². The Morgan fingerprint density at radius 2 is 2.10 bits per heavy atom. The highest BCUT2D eigenvalue weighted by Crippen LogP contribution is 2.17. The van der Waals surface area contributed by atoms with E-state index in [1.807, 2.05) is 30.3 Å². The van der Waals surface area contributed by atoms with Gasteiger partial charge in [-0.05, 0) is 18.6 Å². The van der Waals surface area contributed by atoms with E-state index in [9.17, 15) is 0 Å². The van der Waals surface area contributed by atoms with Crippen molar-refractivity contribution in [1.82, 2.24) is 15.6 Å². The summed E-state index contributed by atoms with van der Waals surface area (Å²) in [6.45, 7) is 2.46. The lowest BCUT2D eigenvalue weighted by Crippen LogP contribution is -2.40. The zero-order chi connectivity index (χ0) is 12.9. The Balaban J connectivity index is 0.00000147. The maximum Gasteiger partial charge on any atom is 0.226 e. The summed E-state index contributed by atoms with van der Waals surface area (Å²) in [4.78, 5) is 8.80. The molecule has 2 N–H and O–H groups in total. The number of benzene rings is 1. The van der Waals surface area contributed by atoms with Crippen LogP contribution in [0.4, 0.5) is 0 Å². The largest absolute Gasteiger partial charge is 0.444 e. The normalized spacial score (nSPS) is 13.9. The summed E-state index contributed by atoms with van der Waals surface area (Å²) < 4.78 is 5.48. The first-order valence-corrected chi connectivity index (χ1v) is 6.44. The lowest BCUT2D eigenvalue weighted by molar-refractivity contribution is 0.572. The van der Waals surface area contributed by atoms with Gasteiger partial charge < -0.3 is 15.1 Å². The zero-order valence-corrected chi connectivity index (χ0v) is 13.3. The monoisotopic (exact) mass is 384 g/mol. The molecular formula is C14H17IN4O. The minimum Gasteiger partial charge on any atom is -0.444 e. The average molecular weight is 384 g/mol. The number of halogens is 1. The molecule has 0 bridgehead atoms. The number of guanidine groups is 1. The quantitative estimate of drug-likeness (QED) is 0.798. The molecule has 0 saturated heterocycles. The predicted molar refractivity (Wildman–Crippen MR) is 89.1 cm³/mol. The third kappa shape index (κ3) is 3.72. The first-order valence-electron chi connectivity index (χ1n) is 6.44. The zero-order valence-electron chi connectivity index (χ0n) is 11.0. The summed E-state index contributed by atoms with van der Waals surface area (Å²) >= 11 is 0.